The van der Waals surface area contributed by atoms with Crippen LogP contribution in [0.2, 0.25) is 5.02 Å². The number of pyridine rings is 1. The van der Waals surface area contributed by atoms with Crippen LogP contribution in [0.25, 0.3) is 22.3 Å². The standard InChI is InChI=1S/C23H19ClN4O2/c24-17-8-6-15(7-9-17)12-28-22-20(11-25-28)19(23(30)27-13-18(29)14-27)10-21(26-22)16-4-2-1-3-5-16/h1-11,18,29H,12-14H2. The maximum Gasteiger partial charge on any atom is 0.254 e. The average molecular weight is 419 g/mol. The Balaban J connectivity index is 1.62. The van der Waals surface area contributed by atoms with Crippen LogP contribution >= 0.6 is 11.6 Å². The van der Waals surface area contributed by atoms with Gasteiger partial charge in [-0.15, -0.1) is 0 Å². The first kappa shape index (κ1) is 18.8. The minimum Gasteiger partial charge on any atom is -0.389 e. The summed E-state index contributed by atoms with van der Waals surface area (Å²) < 4.78 is 1.80. The zero-order valence-corrected chi connectivity index (χ0v) is 16.8. The van der Waals surface area contributed by atoms with Gasteiger partial charge in [-0.05, 0) is 23.8 Å². The molecular weight excluding hydrogens is 400 g/mol. The van der Waals surface area contributed by atoms with E-state index in [9.17, 15) is 9.90 Å². The maximum atomic E-state index is 13.1. The Bertz CT molecular complexity index is 1220. The van der Waals surface area contributed by atoms with Crippen molar-refractivity contribution in [3.63, 3.8) is 0 Å². The van der Waals surface area contributed by atoms with Crippen molar-refractivity contribution in [2.24, 2.45) is 0 Å². The zero-order chi connectivity index (χ0) is 20.7. The van der Waals surface area contributed by atoms with Crippen molar-refractivity contribution in [3.8, 4) is 11.3 Å². The number of carbonyl (C=O) groups is 1. The van der Waals surface area contributed by atoms with Gasteiger partial charge in [-0.2, -0.15) is 5.10 Å². The molecule has 0 radical (unpaired) electrons. The van der Waals surface area contributed by atoms with Gasteiger partial charge in [0, 0.05) is 23.7 Å². The zero-order valence-electron chi connectivity index (χ0n) is 16.1. The topological polar surface area (TPSA) is 71.2 Å². The van der Waals surface area contributed by atoms with Gasteiger partial charge in [0.15, 0.2) is 5.65 Å². The Morgan fingerprint density at radius 2 is 1.83 bits per heavy atom. The normalized spacial score (nSPS) is 14.1. The molecular formula is C23H19ClN4O2. The molecule has 0 atom stereocenters. The van der Waals surface area contributed by atoms with Gasteiger partial charge in [-0.25, -0.2) is 9.67 Å². The van der Waals surface area contributed by atoms with Crippen molar-refractivity contribution in [3.05, 3.63) is 83.0 Å². The van der Waals surface area contributed by atoms with Crippen molar-refractivity contribution >= 4 is 28.5 Å². The smallest absolute Gasteiger partial charge is 0.254 e. The van der Waals surface area contributed by atoms with E-state index in [1.54, 1.807) is 15.8 Å². The predicted octanol–water partition coefficient (Wildman–Crippen LogP) is 3.62. The molecule has 0 spiro atoms. The number of aliphatic hydroxyl groups is 1. The first-order valence-electron chi connectivity index (χ1n) is 9.72. The van der Waals surface area contributed by atoms with Crippen LogP contribution in [0, 0.1) is 0 Å². The number of halogens is 1. The number of hydrogen-bond donors (Lipinski definition) is 1. The Kier molecular flexibility index (Phi) is 4.73. The van der Waals surface area contributed by atoms with E-state index in [1.807, 2.05) is 60.7 Å². The van der Waals surface area contributed by atoms with Crippen molar-refractivity contribution in [2.75, 3.05) is 13.1 Å². The first-order chi connectivity index (χ1) is 14.6. The molecule has 1 saturated heterocycles. The Morgan fingerprint density at radius 3 is 2.53 bits per heavy atom. The van der Waals surface area contributed by atoms with Crippen LogP contribution in [-0.4, -0.2) is 49.9 Å². The Hall–Kier alpha value is -3.22. The molecule has 0 saturated carbocycles. The number of aliphatic hydroxyl groups excluding tert-OH is 1. The highest BCUT2D eigenvalue weighted by molar-refractivity contribution is 6.30. The fourth-order valence-corrected chi connectivity index (χ4v) is 3.78. The van der Waals surface area contributed by atoms with Crippen molar-refractivity contribution in [1.82, 2.24) is 19.7 Å². The lowest BCUT2D eigenvalue weighted by molar-refractivity contribution is 0.00603. The number of aromatic nitrogens is 3. The summed E-state index contributed by atoms with van der Waals surface area (Å²) in [4.78, 5) is 19.6. The summed E-state index contributed by atoms with van der Waals surface area (Å²) in [6, 6.07) is 19.2. The van der Waals surface area contributed by atoms with Crippen LogP contribution in [0.5, 0.6) is 0 Å². The number of β-amino-alcohol motifs (C(OH)–C–C–N with tert-alkyl or cyclic N) is 1. The summed E-state index contributed by atoms with van der Waals surface area (Å²) >= 11 is 6.00. The molecule has 2 aromatic heterocycles. The number of likely N-dealkylation sites (tertiary alicyclic amines) is 1. The minimum absolute atomic E-state index is 0.115. The fraction of sp³-hybridized carbons (Fsp3) is 0.174. The Labute approximate surface area is 178 Å². The second kappa shape index (κ2) is 7.55. The van der Waals surface area contributed by atoms with Gasteiger partial charge in [0.25, 0.3) is 5.91 Å². The lowest BCUT2D eigenvalue weighted by Gasteiger charge is -2.36. The van der Waals surface area contributed by atoms with Gasteiger partial charge in [-0.3, -0.25) is 4.79 Å². The largest absolute Gasteiger partial charge is 0.389 e. The molecule has 6 nitrogen and oxygen atoms in total. The van der Waals surface area contributed by atoms with E-state index >= 15 is 0 Å². The third-order valence-electron chi connectivity index (χ3n) is 5.30. The highest BCUT2D eigenvalue weighted by Gasteiger charge is 2.31. The van der Waals surface area contributed by atoms with Gasteiger partial charge >= 0.3 is 0 Å². The van der Waals surface area contributed by atoms with Gasteiger partial charge in [0.1, 0.15) is 0 Å². The van der Waals surface area contributed by atoms with E-state index < -0.39 is 6.10 Å². The number of benzene rings is 2. The molecule has 150 valence electrons. The molecule has 7 heteroatoms. The number of carbonyl (C=O) groups excluding carboxylic acids is 1. The fourth-order valence-electron chi connectivity index (χ4n) is 3.65. The number of fused-ring (bicyclic) bond motifs is 1. The lowest BCUT2D eigenvalue weighted by atomic mass is 10.0. The summed E-state index contributed by atoms with van der Waals surface area (Å²) in [5.74, 6) is -0.115. The van der Waals surface area contributed by atoms with Crippen molar-refractivity contribution in [1.29, 1.82) is 0 Å². The Morgan fingerprint density at radius 1 is 1.10 bits per heavy atom. The molecule has 2 aromatic carbocycles. The van der Waals surface area contributed by atoms with Crippen LogP contribution < -0.4 is 0 Å². The van der Waals surface area contributed by atoms with E-state index in [0.29, 0.717) is 46.9 Å². The molecule has 1 N–H and O–H groups in total. The van der Waals surface area contributed by atoms with Crippen LogP contribution in [0.4, 0.5) is 0 Å². The second-order valence-corrected chi connectivity index (χ2v) is 7.89. The molecule has 3 heterocycles. The van der Waals surface area contributed by atoms with E-state index in [1.165, 1.54) is 0 Å². The molecule has 0 unspecified atom stereocenters. The number of nitrogens with zero attached hydrogens (tertiary/aromatic N) is 4. The van der Waals surface area contributed by atoms with Crippen LogP contribution in [-0.2, 0) is 6.54 Å². The molecule has 4 aromatic rings. The quantitative estimate of drug-likeness (QED) is 0.549. The third-order valence-corrected chi connectivity index (χ3v) is 5.56. The van der Waals surface area contributed by atoms with Crippen molar-refractivity contribution in [2.45, 2.75) is 12.6 Å². The monoisotopic (exact) mass is 418 g/mol. The molecule has 0 bridgehead atoms. The summed E-state index contributed by atoms with van der Waals surface area (Å²) in [5, 5.41) is 15.5. The number of rotatable bonds is 4. The number of amides is 1. The molecule has 1 aliphatic rings. The summed E-state index contributed by atoms with van der Waals surface area (Å²) in [6.07, 6.45) is 1.24. The summed E-state index contributed by atoms with van der Waals surface area (Å²) in [5.41, 5.74) is 3.88. The highest BCUT2D eigenvalue weighted by atomic mass is 35.5. The summed E-state index contributed by atoms with van der Waals surface area (Å²) in [7, 11) is 0. The maximum absolute atomic E-state index is 13.1. The van der Waals surface area contributed by atoms with Crippen molar-refractivity contribution < 1.29 is 9.90 Å². The van der Waals surface area contributed by atoms with E-state index in [0.717, 1.165) is 11.1 Å². The highest BCUT2D eigenvalue weighted by Crippen LogP contribution is 2.27. The van der Waals surface area contributed by atoms with E-state index in [-0.39, 0.29) is 5.91 Å². The van der Waals surface area contributed by atoms with Gasteiger partial charge in [0.05, 0.1) is 35.5 Å². The molecule has 1 fully saturated rings. The van der Waals surface area contributed by atoms with E-state index in [2.05, 4.69) is 5.10 Å². The molecule has 5 rings (SSSR count). The predicted molar refractivity (Wildman–Crippen MR) is 115 cm³/mol. The molecule has 30 heavy (non-hydrogen) atoms. The number of hydrogen-bond acceptors (Lipinski definition) is 4. The molecule has 1 amide bonds. The van der Waals surface area contributed by atoms with Gasteiger partial charge in [-0.1, -0.05) is 54.1 Å². The minimum atomic E-state index is -0.451. The lowest BCUT2D eigenvalue weighted by Crippen LogP contribution is -2.53. The van der Waals surface area contributed by atoms with E-state index in [4.69, 9.17) is 16.6 Å². The molecule has 0 aliphatic carbocycles. The average Bonchev–Trinajstić information content (AvgIpc) is 3.15. The second-order valence-electron chi connectivity index (χ2n) is 7.45. The third kappa shape index (κ3) is 3.44. The SMILES string of the molecule is O=C(c1cc(-c2ccccc2)nc2c1cnn2Cc1ccc(Cl)cc1)N1CC(O)C1. The molecule has 1 aliphatic heterocycles. The van der Waals surface area contributed by atoms with Crippen LogP contribution in [0.15, 0.2) is 66.9 Å². The van der Waals surface area contributed by atoms with Gasteiger partial charge < -0.3 is 10.0 Å². The summed E-state index contributed by atoms with van der Waals surface area (Å²) in [6.45, 7) is 1.21. The van der Waals surface area contributed by atoms with Gasteiger partial charge in [0.2, 0.25) is 0 Å². The van der Waals surface area contributed by atoms with Crippen LogP contribution in [0.1, 0.15) is 15.9 Å². The van der Waals surface area contributed by atoms with Crippen LogP contribution in [0.3, 0.4) is 0 Å². The first-order valence-corrected chi connectivity index (χ1v) is 10.1.